The number of nitrogens with zero attached hydrogens (tertiary/aromatic N) is 2. The molecule has 1 aromatic heterocycles. The van der Waals surface area contributed by atoms with Crippen molar-refractivity contribution in [2.75, 3.05) is 50.8 Å². The molecule has 2 aromatic rings. The summed E-state index contributed by atoms with van der Waals surface area (Å²) in [5.74, 6) is 1.07. The zero-order valence-corrected chi connectivity index (χ0v) is 15.4. The third-order valence-electron chi connectivity index (χ3n) is 5.43. The Balaban J connectivity index is 1.31. The normalized spacial score (nSPS) is 19.8. The van der Waals surface area contributed by atoms with Crippen LogP contribution in [0.2, 0.25) is 0 Å². The van der Waals surface area contributed by atoms with E-state index in [-0.39, 0.29) is 0 Å². The first-order chi connectivity index (χ1) is 12.9. The zero-order valence-electron chi connectivity index (χ0n) is 15.4. The third kappa shape index (κ3) is 4.29. The predicted molar refractivity (Wildman–Crippen MR) is 103 cm³/mol. The Labute approximate surface area is 155 Å². The fourth-order valence-electron chi connectivity index (χ4n) is 3.94. The van der Waals surface area contributed by atoms with Crippen LogP contribution in [0.5, 0.6) is 0 Å². The van der Waals surface area contributed by atoms with Gasteiger partial charge in [-0.25, -0.2) is 0 Å². The molecular formula is C21H29N3O2. The number of nitrogens with one attached hydrogen (secondary N) is 1. The van der Waals surface area contributed by atoms with Gasteiger partial charge >= 0.3 is 0 Å². The number of likely N-dealkylation sites (tertiary alicyclic amines) is 1. The highest BCUT2D eigenvalue weighted by molar-refractivity contribution is 5.47. The molecule has 26 heavy (non-hydrogen) atoms. The van der Waals surface area contributed by atoms with Gasteiger partial charge in [0.1, 0.15) is 5.76 Å². The highest BCUT2D eigenvalue weighted by atomic mass is 16.5. The van der Waals surface area contributed by atoms with E-state index >= 15 is 0 Å². The van der Waals surface area contributed by atoms with Gasteiger partial charge in [0.15, 0.2) is 0 Å². The lowest BCUT2D eigenvalue weighted by atomic mass is 10.1. The van der Waals surface area contributed by atoms with E-state index in [1.165, 1.54) is 37.2 Å². The lowest BCUT2D eigenvalue weighted by Gasteiger charge is -2.29. The molecule has 0 aliphatic carbocycles. The number of rotatable bonds is 7. The second-order valence-electron chi connectivity index (χ2n) is 7.17. The fraction of sp³-hybridized carbons (Fsp3) is 0.524. The van der Waals surface area contributed by atoms with Gasteiger partial charge in [-0.2, -0.15) is 0 Å². The van der Waals surface area contributed by atoms with Crippen LogP contribution in [0.4, 0.5) is 5.69 Å². The van der Waals surface area contributed by atoms with E-state index in [1.807, 2.05) is 6.07 Å². The summed E-state index contributed by atoms with van der Waals surface area (Å²) in [6.45, 7) is 7.76. The van der Waals surface area contributed by atoms with Gasteiger partial charge in [-0.1, -0.05) is 12.1 Å². The molecule has 1 unspecified atom stereocenters. The standard InChI is InChI=1S/C21H29N3O2/c1-2-10-24(9-1)20(21-4-3-13-26-21)17-22-16-18-5-7-19(8-6-18)23-11-14-25-15-12-23/h3-8,13,20,22H,1-2,9-12,14-17H2. The second kappa shape index (κ2) is 8.71. The van der Waals surface area contributed by atoms with Crippen LogP contribution in [0.25, 0.3) is 0 Å². The molecule has 1 N–H and O–H groups in total. The lowest BCUT2D eigenvalue weighted by Crippen LogP contribution is -2.36. The summed E-state index contributed by atoms with van der Waals surface area (Å²) in [5.41, 5.74) is 2.62. The summed E-state index contributed by atoms with van der Waals surface area (Å²) < 4.78 is 11.1. The Morgan fingerprint density at radius 1 is 0.962 bits per heavy atom. The molecule has 140 valence electrons. The van der Waals surface area contributed by atoms with Crippen LogP contribution in [0, 0.1) is 0 Å². The Hall–Kier alpha value is -1.82. The maximum Gasteiger partial charge on any atom is 0.122 e. The van der Waals surface area contributed by atoms with Crippen LogP contribution in [0.1, 0.15) is 30.2 Å². The Bertz CT molecular complexity index is 644. The minimum Gasteiger partial charge on any atom is -0.468 e. The number of benzene rings is 1. The topological polar surface area (TPSA) is 40.9 Å². The summed E-state index contributed by atoms with van der Waals surface area (Å²) in [5, 5.41) is 3.63. The number of furan rings is 1. The quantitative estimate of drug-likeness (QED) is 0.827. The molecule has 3 heterocycles. The average molecular weight is 355 g/mol. The van der Waals surface area contributed by atoms with Gasteiger partial charge < -0.3 is 19.4 Å². The van der Waals surface area contributed by atoms with Crippen LogP contribution >= 0.6 is 0 Å². The van der Waals surface area contributed by atoms with Crippen molar-refractivity contribution in [1.82, 2.24) is 10.2 Å². The van der Waals surface area contributed by atoms with Gasteiger partial charge in [-0.05, 0) is 55.8 Å². The molecule has 5 heteroatoms. The highest BCUT2D eigenvalue weighted by Crippen LogP contribution is 2.25. The number of morpholine rings is 1. The van der Waals surface area contributed by atoms with Gasteiger partial charge in [0.25, 0.3) is 0 Å². The largest absolute Gasteiger partial charge is 0.468 e. The second-order valence-corrected chi connectivity index (χ2v) is 7.17. The predicted octanol–water partition coefficient (Wildman–Crippen LogP) is 3.04. The van der Waals surface area contributed by atoms with E-state index in [1.54, 1.807) is 6.26 Å². The van der Waals surface area contributed by atoms with Gasteiger partial charge in [-0.3, -0.25) is 4.90 Å². The molecular weight excluding hydrogens is 326 g/mol. The van der Waals surface area contributed by atoms with E-state index in [4.69, 9.17) is 9.15 Å². The highest BCUT2D eigenvalue weighted by Gasteiger charge is 2.25. The molecule has 5 nitrogen and oxygen atoms in total. The molecule has 2 saturated heterocycles. The van der Waals surface area contributed by atoms with Gasteiger partial charge in [0.2, 0.25) is 0 Å². The molecule has 2 fully saturated rings. The summed E-state index contributed by atoms with van der Waals surface area (Å²) >= 11 is 0. The van der Waals surface area contributed by atoms with Crippen LogP contribution in [0.3, 0.4) is 0 Å². The first-order valence-electron chi connectivity index (χ1n) is 9.80. The van der Waals surface area contributed by atoms with E-state index in [2.05, 4.69) is 45.4 Å². The number of ether oxygens (including phenoxy) is 1. The van der Waals surface area contributed by atoms with Gasteiger partial charge in [0.05, 0.1) is 25.5 Å². The molecule has 0 saturated carbocycles. The Kier molecular flexibility index (Phi) is 5.89. The van der Waals surface area contributed by atoms with Crippen LogP contribution in [-0.4, -0.2) is 50.8 Å². The maximum atomic E-state index is 5.70. The maximum absolute atomic E-state index is 5.70. The molecule has 2 aliphatic rings. The minimum atomic E-state index is 0.333. The molecule has 0 radical (unpaired) electrons. The fourth-order valence-corrected chi connectivity index (χ4v) is 3.94. The van der Waals surface area contributed by atoms with Crippen molar-refractivity contribution in [2.24, 2.45) is 0 Å². The van der Waals surface area contributed by atoms with Crippen molar-refractivity contribution in [2.45, 2.75) is 25.4 Å². The van der Waals surface area contributed by atoms with E-state index < -0.39 is 0 Å². The molecule has 0 bridgehead atoms. The molecule has 0 spiro atoms. The first-order valence-corrected chi connectivity index (χ1v) is 9.80. The van der Waals surface area contributed by atoms with Crippen molar-refractivity contribution >= 4 is 5.69 Å². The first kappa shape index (κ1) is 17.6. The van der Waals surface area contributed by atoms with Gasteiger partial charge in [-0.15, -0.1) is 0 Å². The van der Waals surface area contributed by atoms with Crippen LogP contribution < -0.4 is 10.2 Å². The van der Waals surface area contributed by atoms with Crippen molar-refractivity contribution in [3.05, 3.63) is 54.0 Å². The zero-order chi connectivity index (χ0) is 17.6. The third-order valence-corrected chi connectivity index (χ3v) is 5.43. The monoisotopic (exact) mass is 355 g/mol. The average Bonchev–Trinajstić information content (AvgIpc) is 3.41. The molecule has 2 aliphatic heterocycles. The number of hydrogen-bond donors (Lipinski definition) is 1. The van der Waals surface area contributed by atoms with Crippen LogP contribution in [-0.2, 0) is 11.3 Å². The minimum absolute atomic E-state index is 0.333. The van der Waals surface area contributed by atoms with E-state index in [9.17, 15) is 0 Å². The van der Waals surface area contributed by atoms with Crippen molar-refractivity contribution < 1.29 is 9.15 Å². The molecule has 4 rings (SSSR count). The van der Waals surface area contributed by atoms with Crippen LogP contribution in [0.15, 0.2) is 47.1 Å². The summed E-state index contributed by atoms with van der Waals surface area (Å²) in [4.78, 5) is 4.92. The summed E-state index contributed by atoms with van der Waals surface area (Å²) in [6.07, 6.45) is 4.36. The SMILES string of the molecule is c1coc(C(CNCc2ccc(N3CCOCC3)cc2)N2CCCC2)c1. The Morgan fingerprint density at radius 3 is 2.42 bits per heavy atom. The van der Waals surface area contributed by atoms with E-state index in [0.717, 1.165) is 45.2 Å². The smallest absolute Gasteiger partial charge is 0.122 e. The summed E-state index contributed by atoms with van der Waals surface area (Å²) in [6, 6.07) is 13.3. The van der Waals surface area contributed by atoms with Crippen molar-refractivity contribution in [1.29, 1.82) is 0 Å². The van der Waals surface area contributed by atoms with Crippen molar-refractivity contribution in [3.63, 3.8) is 0 Å². The molecule has 1 aromatic carbocycles. The van der Waals surface area contributed by atoms with E-state index in [0.29, 0.717) is 6.04 Å². The number of hydrogen-bond acceptors (Lipinski definition) is 5. The summed E-state index contributed by atoms with van der Waals surface area (Å²) in [7, 11) is 0. The van der Waals surface area contributed by atoms with Crippen molar-refractivity contribution in [3.8, 4) is 0 Å². The lowest BCUT2D eigenvalue weighted by molar-refractivity contribution is 0.122. The molecule has 1 atom stereocenters. The molecule has 0 amide bonds. The number of anilines is 1. The Morgan fingerprint density at radius 2 is 1.73 bits per heavy atom. The van der Waals surface area contributed by atoms with Gasteiger partial charge in [0, 0.05) is 31.9 Å².